The minimum atomic E-state index is -1.35. The van der Waals surface area contributed by atoms with Gasteiger partial charge in [0.1, 0.15) is 0 Å². The van der Waals surface area contributed by atoms with Gasteiger partial charge in [-0.25, -0.2) is 0 Å². The highest BCUT2D eigenvalue weighted by Gasteiger charge is 2.16. The van der Waals surface area contributed by atoms with E-state index in [0.717, 1.165) is 0 Å². The fourth-order valence-electron chi connectivity index (χ4n) is 0.249. The molecule has 1 unspecified atom stereocenters. The predicted octanol–water partition coefficient (Wildman–Crippen LogP) is -0.237. The lowest BCUT2D eigenvalue weighted by atomic mass is 9.73. The second-order valence-electron chi connectivity index (χ2n) is 1.75. The van der Waals surface area contributed by atoms with Gasteiger partial charge in [-0.2, -0.15) is 5.26 Å². The molecule has 0 rings (SSSR count). The highest BCUT2D eigenvalue weighted by Crippen LogP contribution is 2.07. The lowest BCUT2D eigenvalue weighted by Crippen LogP contribution is -2.16. The van der Waals surface area contributed by atoms with Crippen LogP contribution in [0, 0.1) is 11.3 Å². The molecule has 0 aliphatic heterocycles. The minimum Gasteiger partial charge on any atom is -0.427 e. The molecule has 0 fully saturated rings. The zero-order valence-corrected chi connectivity index (χ0v) is 4.70. The largest absolute Gasteiger partial charge is 0.455 e. The third-order valence-electron chi connectivity index (χ3n) is 0.922. The van der Waals surface area contributed by atoms with Crippen LogP contribution < -0.4 is 0 Å². The summed E-state index contributed by atoms with van der Waals surface area (Å²) in [4.78, 5) is 0. The average Bonchev–Trinajstić information content (AvgIpc) is 1.67. The monoisotopic (exact) mass is 113 g/mol. The Bertz CT molecular complexity index is 98.7. The van der Waals surface area contributed by atoms with Crippen molar-refractivity contribution in [2.45, 2.75) is 19.2 Å². The lowest BCUT2D eigenvalue weighted by molar-refractivity contribution is 0.389. The van der Waals surface area contributed by atoms with Crippen LogP contribution in [0.2, 0.25) is 5.82 Å². The van der Waals surface area contributed by atoms with E-state index in [0.29, 0.717) is 0 Å². The van der Waals surface area contributed by atoms with Crippen molar-refractivity contribution in [1.29, 1.82) is 5.26 Å². The Hall–Kier alpha value is -0.525. The summed E-state index contributed by atoms with van der Waals surface area (Å²) in [7, 11) is -1.35. The number of hydrogen-bond donors (Lipinski definition) is 2. The van der Waals surface area contributed by atoms with E-state index in [1.54, 1.807) is 6.92 Å². The summed E-state index contributed by atoms with van der Waals surface area (Å²) < 4.78 is 0. The van der Waals surface area contributed by atoms with Crippen molar-refractivity contribution in [3.05, 3.63) is 0 Å². The summed E-state index contributed by atoms with van der Waals surface area (Å²) in [6.45, 7) is 1.61. The van der Waals surface area contributed by atoms with Gasteiger partial charge in [0.2, 0.25) is 0 Å². The van der Waals surface area contributed by atoms with Crippen LogP contribution in [0.15, 0.2) is 0 Å². The van der Waals surface area contributed by atoms with Crippen molar-refractivity contribution in [3.63, 3.8) is 0 Å². The molecule has 0 spiro atoms. The van der Waals surface area contributed by atoms with Crippen LogP contribution in [-0.4, -0.2) is 17.2 Å². The quantitative estimate of drug-likeness (QED) is 0.485. The molecule has 3 nitrogen and oxygen atoms in total. The molecule has 0 aliphatic rings. The van der Waals surface area contributed by atoms with Crippen LogP contribution in [0.3, 0.4) is 0 Å². The molecular weight excluding hydrogens is 105 g/mol. The predicted molar refractivity (Wildman–Crippen MR) is 29.8 cm³/mol. The van der Waals surface area contributed by atoms with Gasteiger partial charge >= 0.3 is 7.12 Å². The van der Waals surface area contributed by atoms with E-state index in [-0.39, 0.29) is 12.2 Å². The lowest BCUT2D eigenvalue weighted by Gasteiger charge is -2.01. The number of nitrogens with zero attached hydrogens (tertiary/aromatic N) is 1. The van der Waals surface area contributed by atoms with Crippen molar-refractivity contribution in [2.75, 3.05) is 0 Å². The zero-order valence-electron chi connectivity index (χ0n) is 4.70. The van der Waals surface area contributed by atoms with E-state index in [4.69, 9.17) is 15.3 Å². The normalized spacial score (nSPS) is 12.2. The van der Waals surface area contributed by atoms with E-state index in [2.05, 4.69) is 0 Å². The molecule has 0 bridgehead atoms. The van der Waals surface area contributed by atoms with Crippen LogP contribution in [0.4, 0.5) is 0 Å². The SMILES string of the molecule is CC(CC#N)B(O)O. The van der Waals surface area contributed by atoms with Gasteiger partial charge in [0.05, 0.1) is 6.07 Å². The third kappa shape index (κ3) is 2.62. The van der Waals surface area contributed by atoms with E-state index in [9.17, 15) is 0 Å². The molecular formula is C4H8BNO2. The average molecular weight is 113 g/mol. The van der Waals surface area contributed by atoms with Crippen molar-refractivity contribution >= 4 is 7.12 Å². The van der Waals surface area contributed by atoms with Crippen molar-refractivity contribution in [2.24, 2.45) is 0 Å². The first-order valence-electron chi connectivity index (χ1n) is 2.41. The Balaban J connectivity index is 3.35. The maximum Gasteiger partial charge on any atom is 0.455 e. The van der Waals surface area contributed by atoms with Crippen molar-refractivity contribution in [1.82, 2.24) is 0 Å². The number of nitriles is 1. The topological polar surface area (TPSA) is 64.2 Å². The van der Waals surface area contributed by atoms with Gasteiger partial charge < -0.3 is 10.0 Å². The summed E-state index contributed by atoms with van der Waals surface area (Å²) >= 11 is 0. The van der Waals surface area contributed by atoms with Gasteiger partial charge in [0, 0.05) is 12.2 Å². The van der Waals surface area contributed by atoms with E-state index >= 15 is 0 Å². The van der Waals surface area contributed by atoms with Gasteiger partial charge in [-0.1, -0.05) is 6.92 Å². The molecule has 0 heterocycles. The van der Waals surface area contributed by atoms with Crippen LogP contribution in [-0.2, 0) is 0 Å². The molecule has 0 saturated carbocycles. The molecule has 44 valence electrons. The molecule has 0 aromatic carbocycles. The Morgan fingerprint density at radius 2 is 2.25 bits per heavy atom. The Labute approximate surface area is 48.7 Å². The Morgan fingerprint density at radius 1 is 1.75 bits per heavy atom. The molecule has 8 heavy (non-hydrogen) atoms. The molecule has 0 amide bonds. The molecule has 1 atom stereocenters. The van der Waals surface area contributed by atoms with Crippen LogP contribution >= 0.6 is 0 Å². The van der Waals surface area contributed by atoms with Crippen LogP contribution in [0.5, 0.6) is 0 Å². The molecule has 0 aliphatic carbocycles. The molecule has 0 radical (unpaired) electrons. The maximum absolute atomic E-state index is 8.36. The molecule has 0 saturated heterocycles. The first kappa shape index (κ1) is 7.47. The van der Waals surface area contributed by atoms with Gasteiger partial charge in [-0.3, -0.25) is 0 Å². The highest BCUT2D eigenvalue weighted by molar-refractivity contribution is 6.43. The second-order valence-corrected chi connectivity index (χ2v) is 1.75. The van der Waals surface area contributed by atoms with Crippen molar-refractivity contribution in [3.8, 4) is 6.07 Å². The number of hydrogen-bond acceptors (Lipinski definition) is 3. The van der Waals surface area contributed by atoms with Gasteiger partial charge in [-0.05, 0) is 0 Å². The van der Waals surface area contributed by atoms with Crippen LogP contribution in [0.25, 0.3) is 0 Å². The maximum atomic E-state index is 8.36. The standard InChI is InChI=1S/C4H8BNO2/c1-4(2-3-6)5(7)8/h4,7-8H,2H2,1H3. The number of rotatable bonds is 2. The first-order valence-corrected chi connectivity index (χ1v) is 2.41. The van der Waals surface area contributed by atoms with Gasteiger partial charge in [-0.15, -0.1) is 0 Å². The molecule has 0 aromatic rings. The fraction of sp³-hybridized carbons (Fsp3) is 0.750. The van der Waals surface area contributed by atoms with E-state index in [1.165, 1.54) is 0 Å². The summed E-state index contributed by atoms with van der Waals surface area (Å²) in [5.41, 5.74) is 0. The summed E-state index contributed by atoms with van der Waals surface area (Å²) in [6, 6.07) is 1.83. The minimum absolute atomic E-state index is 0.192. The Kier molecular flexibility index (Phi) is 3.25. The van der Waals surface area contributed by atoms with E-state index < -0.39 is 7.12 Å². The second kappa shape index (κ2) is 3.47. The van der Waals surface area contributed by atoms with Gasteiger partial charge in [0.25, 0.3) is 0 Å². The zero-order chi connectivity index (χ0) is 6.57. The first-order chi connectivity index (χ1) is 3.68. The van der Waals surface area contributed by atoms with Crippen LogP contribution in [0.1, 0.15) is 13.3 Å². The fourth-order valence-corrected chi connectivity index (χ4v) is 0.249. The third-order valence-corrected chi connectivity index (χ3v) is 0.922. The summed E-state index contributed by atoms with van der Waals surface area (Å²) in [6.07, 6.45) is 0.192. The summed E-state index contributed by atoms with van der Waals surface area (Å²) in [5.74, 6) is -0.333. The van der Waals surface area contributed by atoms with Gasteiger partial charge in [0.15, 0.2) is 0 Å². The smallest absolute Gasteiger partial charge is 0.427 e. The van der Waals surface area contributed by atoms with E-state index in [1.807, 2.05) is 6.07 Å². The molecule has 4 heteroatoms. The highest BCUT2D eigenvalue weighted by atomic mass is 16.4. The molecule has 0 aromatic heterocycles. The molecule has 2 N–H and O–H groups in total. The Morgan fingerprint density at radius 3 is 2.38 bits per heavy atom. The van der Waals surface area contributed by atoms with Crippen molar-refractivity contribution < 1.29 is 10.0 Å². The summed E-state index contributed by atoms with van der Waals surface area (Å²) in [5, 5.41) is 24.7.